The van der Waals surface area contributed by atoms with Gasteiger partial charge >= 0.3 is 0 Å². The number of piperidine rings is 1. The summed E-state index contributed by atoms with van der Waals surface area (Å²) in [4.78, 5) is 18.6. The standard InChI is InChI=1S/C19H25FN4O2/c1-12-5-6-14(10-16(12)20)19-22-17(26-23-19)7-8-18(25)24-9-3-4-15(11-24)13(2)21/h5-6,10,13,15H,3-4,7-9,11,21H2,1-2H3/t13-,15-/m0/s1. The summed E-state index contributed by atoms with van der Waals surface area (Å²) in [5, 5.41) is 3.89. The van der Waals surface area contributed by atoms with Gasteiger partial charge in [-0.3, -0.25) is 4.79 Å². The van der Waals surface area contributed by atoms with E-state index in [-0.39, 0.29) is 17.8 Å². The van der Waals surface area contributed by atoms with Gasteiger partial charge in [-0.1, -0.05) is 17.3 Å². The fraction of sp³-hybridized carbons (Fsp3) is 0.526. The molecule has 1 aliphatic rings. The Bertz CT molecular complexity index is 775. The SMILES string of the molecule is Cc1ccc(-c2noc(CCC(=O)N3CCC[C@H]([C@H](C)N)C3)n2)cc1F. The van der Waals surface area contributed by atoms with Crippen LogP contribution in [-0.4, -0.2) is 40.1 Å². The van der Waals surface area contributed by atoms with Crippen LogP contribution < -0.4 is 5.73 Å². The number of halogens is 1. The van der Waals surface area contributed by atoms with Gasteiger partial charge in [0.05, 0.1) is 0 Å². The number of nitrogens with zero attached hydrogens (tertiary/aromatic N) is 3. The Kier molecular flexibility index (Phi) is 5.66. The largest absolute Gasteiger partial charge is 0.342 e. The molecule has 1 aromatic carbocycles. The van der Waals surface area contributed by atoms with E-state index in [1.807, 2.05) is 11.8 Å². The molecule has 0 bridgehead atoms. The molecule has 0 unspecified atom stereocenters. The molecule has 1 fully saturated rings. The summed E-state index contributed by atoms with van der Waals surface area (Å²) >= 11 is 0. The van der Waals surface area contributed by atoms with E-state index in [0.29, 0.717) is 48.1 Å². The number of benzene rings is 1. The van der Waals surface area contributed by atoms with Crippen LogP contribution >= 0.6 is 0 Å². The summed E-state index contributed by atoms with van der Waals surface area (Å²) in [6.45, 7) is 5.18. The zero-order chi connectivity index (χ0) is 18.7. The highest BCUT2D eigenvalue weighted by Gasteiger charge is 2.25. The third kappa shape index (κ3) is 4.27. The Balaban J connectivity index is 1.57. The first-order valence-electron chi connectivity index (χ1n) is 9.06. The minimum Gasteiger partial charge on any atom is -0.342 e. The second-order valence-electron chi connectivity index (χ2n) is 7.08. The molecular formula is C19H25FN4O2. The van der Waals surface area contributed by atoms with Gasteiger partial charge in [-0.05, 0) is 44.2 Å². The molecule has 2 heterocycles. The Morgan fingerprint density at radius 1 is 1.50 bits per heavy atom. The maximum atomic E-state index is 13.7. The molecule has 3 rings (SSSR count). The Hall–Kier alpha value is -2.28. The number of nitrogens with two attached hydrogens (primary N) is 1. The zero-order valence-corrected chi connectivity index (χ0v) is 15.2. The molecular weight excluding hydrogens is 335 g/mol. The van der Waals surface area contributed by atoms with Crippen molar-refractivity contribution in [1.82, 2.24) is 15.0 Å². The van der Waals surface area contributed by atoms with Crippen LogP contribution in [0.1, 0.15) is 37.6 Å². The third-order valence-electron chi connectivity index (χ3n) is 5.00. The molecule has 140 valence electrons. The lowest BCUT2D eigenvalue weighted by molar-refractivity contribution is -0.133. The van der Waals surface area contributed by atoms with E-state index in [1.165, 1.54) is 6.07 Å². The molecule has 1 saturated heterocycles. The van der Waals surface area contributed by atoms with Crippen LogP contribution in [0.15, 0.2) is 22.7 Å². The van der Waals surface area contributed by atoms with Gasteiger partial charge in [-0.15, -0.1) is 0 Å². The topological polar surface area (TPSA) is 85.2 Å². The number of carbonyl (C=O) groups is 1. The Morgan fingerprint density at radius 3 is 3.04 bits per heavy atom. The lowest BCUT2D eigenvalue weighted by atomic mass is 9.92. The minimum atomic E-state index is -0.308. The lowest BCUT2D eigenvalue weighted by Crippen LogP contribution is -2.45. The van der Waals surface area contributed by atoms with Crippen molar-refractivity contribution in [1.29, 1.82) is 0 Å². The molecule has 1 aliphatic heterocycles. The van der Waals surface area contributed by atoms with Crippen molar-refractivity contribution in [2.24, 2.45) is 11.7 Å². The van der Waals surface area contributed by atoms with Gasteiger partial charge in [-0.25, -0.2) is 4.39 Å². The van der Waals surface area contributed by atoms with E-state index in [2.05, 4.69) is 10.1 Å². The molecule has 0 aliphatic carbocycles. The minimum absolute atomic E-state index is 0.0801. The van der Waals surface area contributed by atoms with Crippen molar-refractivity contribution in [3.8, 4) is 11.4 Å². The quantitative estimate of drug-likeness (QED) is 0.886. The highest BCUT2D eigenvalue weighted by atomic mass is 19.1. The van der Waals surface area contributed by atoms with Gasteiger partial charge in [0.15, 0.2) is 0 Å². The molecule has 2 atom stereocenters. The van der Waals surface area contributed by atoms with E-state index in [9.17, 15) is 9.18 Å². The number of aromatic nitrogens is 2. The summed E-state index contributed by atoms with van der Waals surface area (Å²) in [7, 11) is 0. The van der Waals surface area contributed by atoms with Crippen molar-refractivity contribution in [2.75, 3.05) is 13.1 Å². The second kappa shape index (κ2) is 7.95. The van der Waals surface area contributed by atoms with E-state index in [4.69, 9.17) is 10.3 Å². The number of hydrogen-bond donors (Lipinski definition) is 1. The molecule has 0 radical (unpaired) electrons. The average Bonchev–Trinajstić information content (AvgIpc) is 3.11. The first-order chi connectivity index (χ1) is 12.4. The third-order valence-corrected chi connectivity index (χ3v) is 5.00. The summed E-state index contributed by atoms with van der Waals surface area (Å²) in [5.74, 6) is 0.852. The Labute approximate surface area is 152 Å². The van der Waals surface area contributed by atoms with Gasteiger partial charge in [0.2, 0.25) is 17.6 Å². The van der Waals surface area contributed by atoms with Gasteiger partial charge in [0, 0.05) is 37.5 Å². The fourth-order valence-corrected chi connectivity index (χ4v) is 3.24. The molecule has 1 aromatic heterocycles. The van der Waals surface area contributed by atoms with E-state index < -0.39 is 0 Å². The number of aryl methyl sites for hydroxylation is 2. The molecule has 6 nitrogen and oxygen atoms in total. The first-order valence-corrected chi connectivity index (χ1v) is 9.06. The molecule has 7 heteroatoms. The molecule has 2 N–H and O–H groups in total. The molecule has 0 spiro atoms. The Morgan fingerprint density at radius 2 is 2.31 bits per heavy atom. The molecule has 26 heavy (non-hydrogen) atoms. The monoisotopic (exact) mass is 360 g/mol. The highest BCUT2D eigenvalue weighted by molar-refractivity contribution is 5.76. The fourth-order valence-electron chi connectivity index (χ4n) is 3.24. The van der Waals surface area contributed by atoms with Gasteiger partial charge in [0.1, 0.15) is 5.82 Å². The van der Waals surface area contributed by atoms with Crippen LogP contribution in [0.25, 0.3) is 11.4 Å². The number of rotatable bonds is 5. The van der Waals surface area contributed by atoms with E-state index >= 15 is 0 Å². The number of amides is 1. The van der Waals surface area contributed by atoms with Crippen molar-refractivity contribution in [2.45, 2.75) is 45.6 Å². The van der Waals surface area contributed by atoms with Crippen LogP contribution in [0.4, 0.5) is 4.39 Å². The maximum Gasteiger partial charge on any atom is 0.227 e. The highest BCUT2D eigenvalue weighted by Crippen LogP contribution is 2.21. The number of hydrogen-bond acceptors (Lipinski definition) is 5. The first kappa shape index (κ1) is 18.5. The van der Waals surface area contributed by atoms with Crippen molar-refractivity contribution in [3.63, 3.8) is 0 Å². The molecule has 0 saturated carbocycles. The molecule has 1 amide bonds. The van der Waals surface area contributed by atoms with Gasteiger partial charge in [0.25, 0.3) is 0 Å². The summed E-state index contributed by atoms with van der Waals surface area (Å²) in [6, 6.07) is 4.91. The van der Waals surface area contributed by atoms with Crippen LogP contribution in [0.5, 0.6) is 0 Å². The van der Waals surface area contributed by atoms with Gasteiger partial charge in [-0.2, -0.15) is 4.98 Å². The predicted molar refractivity (Wildman–Crippen MR) is 95.7 cm³/mol. The predicted octanol–water partition coefficient (Wildman–Crippen LogP) is 2.70. The summed E-state index contributed by atoms with van der Waals surface area (Å²) < 4.78 is 18.9. The van der Waals surface area contributed by atoms with Crippen LogP contribution in [0.3, 0.4) is 0 Å². The summed E-state index contributed by atoms with van der Waals surface area (Å²) in [6.07, 6.45) is 2.75. The van der Waals surface area contributed by atoms with E-state index in [1.54, 1.807) is 19.1 Å². The van der Waals surface area contributed by atoms with Crippen LogP contribution in [0, 0.1) is 18.7 Å². The van der Waals surface area contributed by atoms with Crippen molar-refractivity contribution in [3.05, 3.63) is 35.5 Å². The summed E-state index contributed by atoms with van der Waals surface area (Å²) in [5.41, 5.74) is 7.10. The van der Waals surface area contributed by atoms with Crippen LogP contribution in [-0.2, 0) is 11.2 Å². The number of carbonyl (C=O) groups excluding carboxylic acids is 1. The van der Waals surface area contributed by atoms with Crippen LogP contribution in [0.2, 0.25) is 0 Å². The smallest absolute Gasteiger partial charge is 0.227 e. The lowest BCUT2D eigenvalue weighted by Gasteiger charge is -2.34. The van der Waals surface area contributed by atoms with Crippen molar-refractivity contribution >= 4 is 5.91 Å². The number of likely N-dealkylation sites (tertiary alicyclic amines) is 1. The second-order valence-corrected chi connectivity index (χ2v) is 7.08. The molecule has 2 aromatic rings. The van der Waals surface area contributed by atoms with Crippen molar-refractivity contribution < 1.29 is 13.7 Å². The average molecular weight is 360 g/mol. The van der Waals surface area contributed by atoms with E-state index in [0.717, 1.165) is 19.4 Å². The maximum absolute atomic E-state index is 13.7. The normalized spacial score (nSPS) is 18.8. The van der Waals surface area contributed by atoms with Gasteiger partial charge < -0.3 is 15.2 Å². The zero-order valence-electron chi connectivity index (χ0n) is 15.2.